The van der Waals surface area contributed by atoms with Crippen molar-refractivity contribution in [1.29, 1.82) is 0 Å². The maximum absolute atomic E-state index is 12.9. The molecule has 2 atom stereocenters. The van der Waals surface area contributed by atoms with Gasteiger partial charge in [-0.3, -0.25) is 4.79 Å². The molecule has 112 valence electrons. The lowest BCUT2D eigenvalue weighted by atomic mass is 10.0. The molecule has 3 heteroatoms. The Labute approximate surface area is 126 Å². The van der Waals surface area contributed by atoms with Gasteiger partial charge in [0, 0.05) is 24.2 Å². The monoisotopic (exact) mass is 284 g/mol. The Morgan fingerprint density at radius 2 is 2.00 bits per heavy atom. The van der Waals surface area contributed by atoms with Gasteiger partial charge in [0.25, 0.3) is 5.91 Å². The summed E-state index contributed by atoms with van der Waals surface area (Å²) in [4.78, 5) is 15.1. The van der Waals surface area contributed by atoms with Crippen molar-refractivity contribution in [3.05, 3.63) is 34.9 Å². The second-order valence-corrected chi connectivity index (χ2v) is 6.75. The number of hydrogen-bond donors (Lipinski definition) is 1. The van der Waals surface area contributed by atoms with Gasteiger partial charge < -0.3 is 10.2 Å². The van der Waals surface area contributed by atoms with Gasteiger partial charge in [0.1, 0.15) is 0 Å². The lowest BCUT2D eigenvalue weighted by Crippen LogP contribution is -2.46. The normalized spacial score (nSPS) is 28.1. The number of nitrogens with zero attached hydrogens (tertiary/aromatic N) is 1. The number of aryl methyl sites for hydroxylation is 2. The van der Waals surface area contributed by atoms with E-state index < -0.39 is 0 Å². The smallest absolute Gasteiger partial charge is 0.254 e. The summed E-state index contributed by atoms with van der Waals surface area (Å²) in [7, 11) is 0. The van der Waals surface area contributed by atoms with E-state index in [0.29, 0.717) is 12.1 Å². The van der Waals surface area contributed by atoms with Gasteiger partial charge in [-0.25, -0.2) is 0 Å². The molecule has 3 aliphatic rings. The first-order valence-corrected chi connectivity index (χ1v) is 8.49. The average molecular weight is 284 g/mol. The molecule has 0 radical (unpaired) electrons. The molecular weight excluding hydrogens is 260 g/mol. The highest BCUT2D eigenvalue weighted by atomic mass is 16.2. The van der Waals surface area contributed by atoms with Crippen LogP contribution in [0.25, 0.3) is 0 Å². The second kappa shape index (κ2) is 5.45. The molecule has 2 heterocycles. The van der Waals surface area contributed by atoms with Gasteiger partial charge in [-0.05, 0) is 74.8 Å². The van der Waals surface area contributed by atoms with Crippen LogP contribution in [0.2, 0.25) is 0 Å². The Balaban J connectivity index is 1.55. The van der Waals surface area contributed by atoms with Crippen LogP contribution >= 0.6 is 0 Å². The zero-order chi connectivity index (χ0) is 14.2. The highest BCUT2D eigenvalue weighted by Gasteiger charge is 2.36. The third kappa shape index (κ3) is 2.38. The van der Waals surface area contributed by atoms with E-state index in [0.717, 1.165) is 37.9 Å². The maximum atomic E-state index is 12.9. The van der Waals surface area contributed by atoms with Crippen LogP contribution in [0.3, 0.4) is 0 Å². The molecule has 1 aromatic rings. The van der Waals surface area contributed by atoms with E-state index in [1.165, 1.54) is 36.8 Å². The summed E-state index contributed by atoms with van der Waals surface area (Å²) in [6, 6.07) is 7.31. The molecule has 1 aromatic carbocycles. The zero-order valence-corrected chi connectivity index (χ0v) is 12.6. The van der Waals surface area contributed by atoms with Crippen LogP contribution in [0.4, 0.5) is 0 Å². The number of carbonyl (C=O) groups excluding carboxylic acids is 1. The van der Waals surface area contributed by atoms with Gasteiger partial charge in [0.05, 0.1) is 0 Å². The van der Waals surface area contributed by atoms with Gasteiger partial charge in [0.2, 0.25) is 0 Å². The lowest BCUT2D eigenvalue weighted by Gasteiger charge is -2.29. The molecule has 2 aliphatic heterocycles. The largest absolute Gasteiger partial charge is 0.334 e. The second-order valence-electron chi connectivity index (χ2n) is 6.75. The van der Waals surface area contributed by atoms with Gasteiger partial charge in [-0.15, -0.1) is 0 Å². The van der Waals surface area contributed by atoms with Crippen LogP contribution in [-0.4, -0.2) is 36.0 Å². The Bertz CT molecular complexity index is 548. The molecule has 0 aromatic heterocycles. The quantitative estimate of drug-likeness (QED) is 0.905. The molecule has 0 saturated carbocycles. The Kier molecular flexibility index (Phi) is 3.46. The topological polar surface area (TPSA) is 32.3 Å². The van der Waals surface area contributed by atoms with E-state index in [1.807, 2.05) is 6.07 Å². The summed E-state index contributed by atoms with van der Waals surface area (Å²) in [5.41, 5.74) is 3.75. The van der Waals surface area contributed by atoms with E-state index in [4.69, 9.17) is 0 Å². The highest BCUT2D eigenvalue weighted by molar-refractivity contribution is 5.95. The average Bonchev–Trinajstić information content (AvgIpc) is 3.24. The number of nitrogens with one attached hydrogen (secondary N) is 1. The molecule has 3 nitrogen and oxygen atoms in total. The van der Waals surface area contributed by atoms with Crippen molar-refractivity contribution in [3.63, 3.8) is 0 Å². The molecule has 2 unspecified atom stereocenters. The molecule has 4 rings (SSSR count). The minimum Gasteiger partial charge on any atom is -0.334 e. The van der Waals surface area contributed by atoms with Crippen LogP contribution in [0.1, 0.15) is 53.6 Å². The van der Waals surface area contributed by atoms with Crippen molar-refractivity contribution >= 4 is 5.91 Å². The van der Waals surface area contributed by atoms with Gasteiger partial charge >= 0.3 is 0 Å². The molecule has 0 bridgehead atoms. The Morgan fingerprint density at radius 3 is 2.86 bits per heavy atom. The fourth-order valence-electron chi connectivity index (χ4n) is 4.37. The molecule has 1 aliphatic carbocycles. The van der Waals surface area contributed by atoms with Crippen LogP contribution in [0.5, 0.6) is 0 Å². The van der Waals surface area contributed by atoms with Gasteiger partial charge in [0.15, 0.2) is 0 Å². The number of likely N-dealkylation sites (tertiary alicyclic amines) is 1. The van der Waals surface area contributed by atoms with E-state index in [2.05, 4.69) is 22.3 Å². The minimum atomic E-state index is 0.251. The van der Waals surface area contributed by atoms with E-state index >= 15 is 0 Å². The molecule has 2 saturated heterocycles. The summed E-state index contributed by atoms with van der Waals surface area (Å²) in [5.74, 6) is 0.251. The van der Waals surface area contributed by atoms with Crippen LogP contribution < -0.4 is 5.32 Å². The number of benzene rings is 1. The standard InChI is InChI=1S/C18H24N2O/c21-18(15-9-8-13-4-1-5-14(13)12-15)20-11-3-7-17(20)16-6-2-10-19-16/h8-9,12,16-17,19H,1-7,10-11H2. The molecule has 1 amide bonds. The van der Waals surface area contributed by atoms with Crippen molar-refractivity contribution in [3.8, 4) is 0 Å². The van der Waals surface area contributed by atoms with Crippen LogP contribution in [0.15, 0.2) is 18.2 Å². The molecular formula is C18H24N2O. The lowest BCUT2D eigenvalue weighted by molar-refractivity contribution is 0.0711. The third-order valence-corrected chi connectivity index (χ3v) is 5.47. The summed E-state index contributed by atoms with van der Waals surface area (Å²) < 4.78 is 0. The summed E-state index contributed by atoms with van der Waals surface area (Å²) in [6.07, 6.45) is 8.35. The van der Waals surface area contributed by atoms with Crippen LogP contribution in [-0.2, 0) is 12.8 Å². The Hall–Kier alpha value is -1.35. The van der Waals surface area contributed by atoms with E-state index in [1.54, 1.807) is 0 Å². The van der Waals surface area contributed by atoms with Crippen molar-refractivity contribution in [2.75, 3.05) is 13.1 Å². The summed E-state index contributed by atoms with van der Waals surface area (Å²) >= 11 is 0. The first kappa shape index (κ1) is 13.3. The van der Waals surface area contributed by atoms with Crippen molar-refractivity contribution in [2.45, 2.75) is 57.0 Å². The fraction of sp³-hybridized carbons (Fsp3) is 0.611. The molecule has 1 N–H and O–H groups in total. The minimum absolute atomic E-state index is 0.251. The number of hydrogen-bond acceptors (Lipinski definition) is 2. The van der Waals surface area contributed by atoms with Crippen molar-refractivity contribution in [2.24, 2.45) is 0 Å². The van der Waals surface area contributed by atoms with E-state index in [9.17, 15) is 4.79 Å². The predicted molar refractivity (Wildman–Crippen MR) is 83.6 cm³/mol. The number of rotatable bonds is 2. The SMILES string of the molecule is O=C(c1ccc2c(c1)CCC2)N1CCCC1C1CCCN1. The first-order valence-electron chi connectivity index (χ1n) is 8.49. The maximum Gasteiger partial charge on any atom is 0.254 e. The highest BCUT2D eigenvalue weighted by Crippen LogP contribution is 2.28. The molecule has 21 heavy (non-hydrogen) atoms. The first-order chi connectivity index (χ1) is 10.3. The third-order valence-electron chi connectivity index (χ3n) is 5.47. The summed E-state index contributed by atoms with van der Waals surface area (Å²) in [6.45, 7) is 2.04. The molecule has 0 spiro atoms. The summed E-state index contributed by atoms with van der Waals surface area (Å²) in [5, 5.41) is 3.58. The van der Waals surface area contributed by atoms with Gasteiger partial charge in [-0.2, -0.15) is 0 Å². The fourth-order valence-corrected chi connectivity index (χ4v) is 4.37. The predicted octanol–water partition coefficient (Wildman–Crippen LogP) is 2.53. The van der Waals surface area contributed by atoms with Gasteiger partial charge in [-0.1, -0.05) is 6.07 Å². The van der Waals surface area contributed by atoms with E-state index in [-0.39, 0.29) is 5.91 Å². The number of fused-ring (bicyclic) bond motifs is 1. The number of amides is 1. The zero-order valence-electron chi connectivity index (χ0n) is 12.6. The van der Waals surface area contributed by atoms with Crippen LogP contribution in [0, 0.1) is 0 Å². The van der Waals surface area contributed by atoms with Crippen molar-refractivity contribution < 1.29 is 4.79 Å². The van der Waals surface area contributed by atoms with Crippen molar-refractivity contribution in [1.82, 2.24) is 10.2 Å². The Morgan fingerprint density at radius 1 is 1.10 bits per heavy atom. The molecule has 2 fully saturated rings. The number of carbonyl (C=O) groups is 1.